The normalized spacial score (nSPS) is 10.3. The van der Waals surface area contributed by atoms with E-state index in [1.54, 1.807) is 4.57 Å². The fraction of sp³-hybridized carbons (Fsp3) is 0.250. The molecule has 0 atom stereocenters. The van der Waals surface area contributed by atoms with E-state index in [1.165, 1.54) is 6.33 Å². The number of H-pyrrole nitrogens is 1. The number of aromatic amines is 1. The number of imidazole rings is 1. The number of nitrogens with zero attached hydrogens (tertiary/aromatic N) is 4. The van der Waals surface area contributed by atoms with E-state index in [9.17, 15) is 4.79 Å². The quantitative estimate of drug-likeness (QED) is 0.691. The lowest BCUT2D eigenvalue weighted by Gasteiger charge is -1.99. The van der Waals surface area contributed by atoms with Crippen LogP contribution in [0.25, 0.3) is 11.2 Å². The number of nitrogens with two attached hydrogens (primary N) is 1. The average molecular weight is 204 g/mol. The molecule has 0 aliphatic carbocycles. The van der Waals surface area contributed by atoms with Crippen LogP contribution in [0.1, 0.15) is 6.42 Å². The van der Waals surface area contributed by atoms with Crippen LogP contribution in [0.5, 0.6) is 0 Å². The minimum Gasteiger partial charge on any atom is -0.369 e. The van der Waals surface area contributed by atoms with E-state index in [2.05, 4.69) is 15.0 Å². The third-order valence-electron chi connectivity index (χ3n) is 1.96. The summed E-state index contributed by atoms with van der Waals surface area (Å²) in [5, 5.41) is 8.45. The Morgan fingerprint density at radius 1 is 1.67 bits per heavy atom. The van der Waals surface area contributed by atoms with Crippen LogP contribution in [0.15, 0.2) is 11.1 Å². The molecule has 2 heterocycles. The van der Waals surface area contributed by atoms with Gasteiger partial charge in [-0.25, -0.2) is 4.98 Å². The first-order chi connectivity index (χ1) is 7.22. The number of nitrogen functional groups attached to an aromatic ring is 1. The molecule has 0 aliphatic heterocycles. The van der Waals surface area contributed by atoms with Crippen LogP contribution in [-0.2, 0) is 6.54 Å². The number of nitriles is 1. The summed E-state index contributed by atoms with van der Waals surface area (Å²) in [6.45, 7) is 0.447. The lowest BCUT2D eigenvalue weighted by atomic mass is 10.4. The molecule has 7 nitrogen and oxygen atoms in total. The summed E-state index contributed by atoms with van der Waals surface area (Å²) in [5.41, 5.74) is 5.69. The Balaban J connectivity index is 2.59. The molecule has 3 N–H and O–H groups in total. The standard InChI is InChI=1S/C8H8N6O/c9-2-1-3-14-4-11-5-6(14)12-8(10)13-7(5)15/h4H,1,3H2,(H3,10,12,13,15). The van der Waals surface area contributed by atoms with Crippen LogP contribution >= 0.6 is 0 Å². The lowest BCUT2D eigenvalue weighted by Crippen LogP contribution is -2.12. The Morgan fingerprint density at radius 2 is 2.47 bits per heavy atom. The second-order valence-electron chi connectivity index (χ2n) is 2.97. The fourth-order valence-corrected chi connectivity index (χ4v) is 1.30. The molecule has 0 unspecified atom stereocenters. The zero-order valence-corrected chi connectivity index (χ0v) is 7.77. The summed E-state index contributed by atoms with van der Waals surface area (Å²) in [6, 6.07) is 2.01. The highest BCUT2D eigenvalue weighted by Crippen LogP contribution is 2.06. The molecular weight excluding hydrogens is 196 g/mol. The summed E-state index contributed by atoms with van der Waals surface area (Å²) in [5.74, 6) is 0.0474. The first-order valence-corrected chi connectivity index (χ1v) is 4.30. The van der Waals surface area contributed by atoms with Crippen molar-refractivity contribution in [1.82, 2.24) is 19.5 Å². The van der Waals surface area contributed by atoms with Gasteiger partial charge in [0.2, 0.25) is 5.95 Å². The molecule has 0 spiro atoms. The minimum absolute atomic E-state index is 0.0474. The van der Waals surface area contributed by atoms with Crippen LogP contribution in [-0.4, -0.2) is 19.5 Å². The van der Waals surface area contributed by atoms with Crippen molar-refractivity contribution in [2.45, 2.75) is 13.0 Å². The van der Waals surface area contributed by atoms with Gasteiger partial charge in [0.15, 0.2) is 11.2 Å². The molecule has 2 aromatic heterocycles. The average Bonchev–Trinajstić information content (AvgIpc) is 2.58. The van der Waals surface area contributed by atoms with Crippen LogP contribution in [0.3, 0.4) is 0 Å². The van der Waals surface area contributed by atoms with E-state index in [0.29, 0.717) is 18.6 Å². The highest BCUT2D eigenvalue weighted by molar-refractivity contribution is 5.70. The maximum atomic E-state index is 11.4. The highest BCUT2D eigenvalue weighted by Gasteiger charge is 2.08. The maximum Gasteiger partial charge on any atom is 0.280 e. The predicted molar refractivity (Wildman–Crippen MR) is 52.8 cm³/mol. The van der Waals surface area contributed by atoms with Gasteiger partial charge in [0.05, 0.1) is 18.8 Å². The molecule has 0 amide bonds. The molecule has 15 heavy (non-hydrogen) atoms. The molecule has 0 radical (unpaired) electrons. The zero-order valence-electron chi connectivity index (χ0n) is 7.77. The molecule has 2 rings (SSSR count). The minimum atomic E-state index is -0.367. The van der Waals surface area contributed by atoms with Gasteiger partial charge in [-0.2, -0.15) is 10.2 Å². The van der Waals surface area contributed by atoms with Gasteiger partial charge < -0.3 is 10.3 Å². The summed E-state index contributed by atoms with van der Waals surface area (Å²) in [7, 11) is 0. The monoisotopic (exact) mass is 204 g/mol. The van der Waals surface area contributed by atoms with Crippen molar-refractivity contribution in [2.75, 3.05) is 5.73 Å². The molecule has 0 saturated heterocycles. The van der Waals surface area contributed by atoms with Crippen LogP contribution < -0.4 is 11.3 Å². The van der Waals surface area contributed by atoms with Gasteiger partial charge in [0.25, 0.3) is 5.56 Å². The van der Waals surface area contributed by atoms with Crippen molar-refractivity contribution in [1.29, 1.82) is 5.26 Å². The Kier molecular flexibility index (Phi) is 2.10. The molecule has 0 saturated carbocycles. The van der Waals surface area contributed by atoms with Gasteiger partial charge in [-0.15, -0.1) is 0 Å². The van der Waals surface area contributed by atoms with E-state index < -0.39 is 0 Å². The van der Waals surface area contributed by atoms with E-state index in [-0.39, 0.29) is 17.0 Å². The second-order valence-corrected chi connectivity index (χ2v) is 2.97. The lowest BCUT2D eigenvalue weighted by molar-refractivity contribution is 0.729. The van der Waals surface area contributed by atoms with Crippen LogP contribution in [0, 0.1) is 11.3 Å². The SMILES string of the molecule is N#CCCn1cnc2c(=O)[nH]c(N)nc21. The summed E-state index contributed by atoms with van der Waals surface area (Å²) in [4.78, 5) is 21.6. The Morgan fingerprint density at radius 3 is 3.20 bits per heavy atom. The molecule has 76 valence electrons. The first-order valence-electron chi connectivity index (χ1n) is 4.30. The summed E-state index contributed by atoms with van der Waals surface area (Å²) < 4.78 is 1.63. The van der Waals surface area contributed by atoms with E-state index >= 15 is 0 Å². The van der Waals surface area contributed by atoms with Crippen molar-refractivity contribution in [2.24, 2.45) is 0 Å². The smallest absolute Gasteiger partial charge is 0.280 e. The van der Waals surface area contributed by atoms with Gasteiger partial charge in [0.1, 0.15) is 0 Å². The van der Waals surface area contributed by atoms with E-state index in [0.717, 1.165) is 0 Å². The van der Waals surface area contributed by atoms with Crippen molar-refractivity contribution >= 4 is 17.1 Å². The molecule has 0 fully saturated rings. The number of nitrogens with one attached hydrogen (secondary N) is 1. The van der Waals surface area contributed by atoms with Crippen LogP contribution in [0.2, 0.25) is 0 Å². The number of hydrogen-bond donors (Lipinski definition) is 2. The van der Waals surface area contributed by atoms with Gasteiger partial charge in [0, 0.05) is 6.54 Å². The third-order valence-corrected chi connectivity index (χ3v) is 1.96. The molecule has 7 heteroatoms. The molecule has 0 aromatic carbocycles. The van der Waals surface area contributed by atoms with Crippen LogP contribution in [0.4, 0.5) is 5.95 Å². The highest BCUT2D eigenvalue weighted by atomic mass is 16.1. The van der Waals surface area contributed by atoms with Gasteiger partial charge in [-0.1, -0.05) is 0 Å². The molecule has 0 aliphatic rings. The first kappa shape index (κ1) is 9.21. The molecule has 0 bridgehead atoms. The number of anilines is 1. The Labute approximate surface area is 84.2 Å². The van der Waals surface area contributed by atoms with Gasteiger partial charge in [-0.05, 0) is 0 Å². The maximum absolute atomic E-state index is 11.4. The number of rotatable bonds is 2. The summed E-state index contributed by atoms with van der Waals surface area (Å²) >= 11 is 0. The second kappa shape index (κ2) is 3.42. The molecule has 2 aromatic rings. The third kappa shape index (κ3) is 1.52. The van der Waals surface area contributed by atoms with Crippen molar-refractivity contribution in [3.05, 3.63) is 16.7 Å². The summed E-state index contributed by atoms with van der Waals surface area (Å²) in [6.07, 6.45) is 1.81. The Hall–Kier alpha value is -2.36. The Bertz CT molecular complexity index is 589. The fourth-order valence-electron chi connectivity index (χ4n) is 1.30. The molecular formula is C8H8N6O. The number of fused-ring (bicyclic) bond motifs is 1. The van der Waals surface area contributed by atoms with Gasteiger partial charge >= 0.3 is 0 Å². The van der Waals surface area contributed by atoms with Crippen molar-refractivity contribution < 1.29 is 0 Å². The van der Waals surface area contributed by atoms with E-state index in [4.69, 9.17) is 11.0 Å². The van der Waals surface area contributed by atoms with Gasteiger partial charge in [-0.3, -0.25) is 9.78 Å². The predicted octanol–water partition coefficient (Wildman–Crippen LogP) is -0.385. The van der Waals surface area contributed by atoms with Crippen molar-refractivity contribution in [3.63, 3.8) is 0 Å². The van der Waals surface area contributed by atoms with E-state index in [1.807, 2.05) is 6.07 Å². The number of aryl methyl sites for hydroxylation is 1. The zero-order chi connectivity index (χ0) is 10.8. The number of hydrogen-bond acceptors (Lipinski definition) is 5. The topological polar surface area (TPSA) is 113 Å². The largest absolute Gasteiger partial charge is 0.369 e. The van der Waals surface area contributed by atoms with Crippen molar-refractivity contribution in [3.8, 4) is 6.07 Å². The number of aromatic nitrogens is 4.